The van der Waals surface area contributed by atoms with Gasteiger partial charge in [0.25, 0.3) is 0 Å². The number of hydrogen-bond donors (Lipinski definition) is 1. The summed E-state index contributed by atoms with van der Waals surface area (Å²) < 4.78 is 13.2. The predicted octanol–water partition coefficient (Wildman–Crippen LogP) is 4.34. The minimum atomic E-state index is -0.123. The molecule has 0 bridgehead atoms. The van der Waals surface area contributed by atoms with Gasteiger partial charge in [-0.3, -0.25) is 0 Å². The second-order valence-corrected chi connectivity index (χ2v) is 6.76. The van der Waals surface area contributed by atoms with Crippen molar-refractivity contribution in [2.24, 2.45) is 17.8 Å². The zero-order valence-electron chi connectivity index (χ0n) is 12.6. The SMILES string of the molecule is CCCC1NC[C@H]2[C@H](c3ccc(F)cc3)[C@H](C)CC[C@H]12. The fourth-order valence-corrected chi connectivity index (χ4v) is 4.64. The molecule has 0 aromatic heterocycles. The lowest BCUT2D eigenvalue weighted by Crippen LogP contribution is -2.34. The Kier molecular flexibility index (Phi) is 4.11. The molecule has 1 aliphatic heterocycles. The first-order valence-electron chi connectivity index (χ1n) is 8.19. The van der Waals surface area contributed by atoms with Crippen LogP contribution in [0.2, 0.25) is 0 Å². The average molecular weight is 275 g/mol. The quantitative estimate of drug-likeness (QED) is 0.865. The van der Waals surface area contributed by atoms with Gasteiger partial charge in [-0.25, -0.2) is 4.39 Å². The monoisotopic (exact) mass is 275 g/mol. The summed E-state index contributed by atoms with van der Waals surface area (Å²) >= 11 is 0. The van der Waals surface area contributed by atoms with Gasteiger partial charge in [-0.2, -0.15) is 0 Å². The van der Waals surface area contributed by atoms with Crippen LogP contribution in [-0.4, -0.2) is 12.6 Å². The first kappa shape index (κ1) is 14.1. The second kappa shape index (κ2) is 5.85. The second-order valence-electron chi connectivity index (χ2n) is 6.76. The van der Waals surface area contributed by atoms with Crippen molar-refractivity contribution in [2.75, 3.05) is 6.54 Å². The summed E-state index contributed by atoms with van der Waals surface area (Å²) in [5, 5.41) is 3.76. The molecule has 2 aliphatic rings. The lowest BCUT2D eigenvalue weighted by atomic mass is 9.64. The number of fused-ring (bicyclic) bond motifs is 1. The first-order valence-corrected chi connectivity index (χ1v) is 8.19. The molecule has 1 N–H and O–H groups in total. The van der Waals surface area contributed by atoms with E-state index >= 15 is 0 Å². The molecule has 2 fully saturated rings. The summed E-state index contributed by atoms with van der Waals surface area (Å²) in [6, 6.07) is 7.97. The number of hydrogen-bond acceptors (Lipinski definition) is 1. The third-order valence-electron chi connectivity index (χ3n) is 5.57. The van der Waals surface area contributed by atoms with Crippen molar-refractivity contribution in [3.8, 4) is 0 Å². The standard InChI is InChI=1S/C18H26FN/c1-3-4-17-15-10-5-12(2)18(16(15)11-20-17)13-6-8-14(19)9-7-13/h6-9,12,15-18,20H,3-5,10-11H2,1-2H3/t12-,15+,16-,17?,18+/m1/s1. The Hall–Kier alpha value is -0.890. The van der Waals surface area contributed by atoms with Gasteiger partial charge in [0.1, 0.15) is 5.82 Å². The molecule has 0 radical (unpaired) electrons. The third kappa shape index (κ3) is 2.50. The number of rotatable bonds is 3. The lowest BCUT2D eigenvalue weighted by Gasteiger charge is -2.40. The van der Waals surface area contributed by atoms with E-state index in [1.807, 2.05) is 12.1 Å². The maximum Gasteiger partial charge on any atom is 0.123 e. The summed E-state index contributed by atoms with van der Waals surface area (Å²) in [6.45, 7) is 5.79. The van der Waals surface area contributed by atoms with Gasteiger partial charge >= 0.3 is 0 Å². The largest absolute Gasteiger partial charge is 0.313 e. The molecule has 0 spiro atoms. The Morgan fingerprint density at radius 1 is 1.15 bits per heavy atom. The van der Waals surface area contributed by atoms with Crippen molar-refractivity contribution in [3.63, 3.8) is 0 Å². The maximum atomic E-state index is 13.2. The molecule has 110 valence electrons. The van der Waals surface area contributed by atoms with E-state index in [2.05, 4.69) is 19.2 Å². The van der Waals surface area contributed by atoms with Gasteiger partial charge in [0.05, 0.1) is 0 Å². The van der Waals surface area contributed by atoms with Crippen LogP contribution in [0.4, 0.5) is 4.39 Å². The van der Waals surface area contributed by atoms with E-state index in [9.17, 15) is 4.39 Å². The Morgan fingerprint density at radius 2 is 1.90 bits per heavy atom. The topological polar surface area (TPSA) is 12.0 Å². The van der Waals surface area contributed by atoms with E-state index < -0.39 is 0 Å². The van der Waals surface area contributed by atoms with Gasteiger partial charge < -0.3 is 5.32 Å². The maximum absolute atomic E-state index is 13.2. The summed E-state index contributed by atoms with van der Waals surface area (Å²) in [5.41, 5.74) is 1.34. The van der Waals surface area contributed by atoms with E-state index in [4.69, 9.17) is 0 Å². The Labute approximate surface area is 122 Å². The van der Waals surface area contributed by atoms with Gasteiger partial charge in [0, 0.05) is 6.04 Å². The first-order chi connectivity index (χ1) is 9.70. The molecule has 3 rings (SSSR count). The number of benzene rings is 1. The minimum Gasteiger partial charge on any atom is -0.313 e. The molecule has 2 heteroatoms. The highest BCUT2D eigenvalue weighted by Crippen LogP contribution is 2.48. The molecule has 1 aromatic rings. The van der Waals surface area contributed by atoms with Crippen LogP contribution in [0.1, 0.15) is 51.0 Å². The molecular formula is C18H26FN. The predicted molar refractivity (Wildman–Crippen MR) is 81.2 cm³/mol. The van der Waals surface area contributed by atoms with Crippen LogP contribution < -0.4 is 5.32 Å². The molecule has 1 saturated carbocycles. The summed E-state index contributed by atoms with van der Waals surface area (Å²) in [4.78, 5) is 0. The number of halogens is 1. The Morgan fingerprint density at radius 3 is 2.60 bits per heavy atom. The van der Waals surface area contributed by atoms with E-state index in [-0.39, 0.29) is 5.82 Å². The summed E-state index contributed by atoms with van der Waals surface area (Å²) in [5.74, 6) is 2.75. The van der Waals surface area contributed by atoms with Crippen LogP contribution in [-0.2, 0) is 0 Å². The van der Waals surface area contributed by atoms with E-state index in [1.165, 1.54) is 31.2 Å². The van der Waals surface area contributed by atoms with Crippen LogP contribution in [0.5, 0.6) is 0 Å². The van der Waals surface area contributed by atoms with Crippen LogP contribution in [0.25, 0.3) is 0 Å². The smallest absolute Gasteiger partial charge is 0.123 e. The van der Waals surface area contributed by atoms with Crippen LogP contribution in [0.15, 0.2) is 24.3 Å². The van der Waals surface area contributed by atoms with Crippen molar-refractivity contribution in [2.45, 2.75) is 51.5 Å². The molecule has 5 atom stereocenters. The fraction of sp³-hybridized carbons (Fsp3) is 0.667. The zero-order chi connectivity index (χ0) is 14.1. The minimum absolute atomic E-state index is 0.123. The normalized spacial score (nSPS) is 36.9. The lowest BCUT2D eigenvalue weighted by molar-refractivity contribution is 0.173. The average Bonchev–Trinajstić information content (AvgIpc) is 2.84. The molecule has 20 heavy (non-hydrogen) atoms. The van der Waals surface area contributed by atoms with Crippen LogP contribution >= 0.6 is 0 Å². The van der Waals surface area contributed by atoms with Crippen molar-refractivity contribution in [1.82, 2.24) is 5.32 Å². The molecule has 1 aliphatic carbocycles. The molecule has 1 aromatic carbocycles. The highest BCUT2D eigenvalue weighted by Gasteiger charge is 2.44. The van der Waals surface area contributed by atoms with Crippen molar-refractivity contribution in [1.29, 1.82) is 0 Å². The highest BCUT2D eigenvalue weighted by atomic mass is 19.1. The van der Waals surface area contributed by atoms with Gasteiger partial charge in [-0.1, -0.05) is 32.4 Å². The summed E-state index contributed by atoms with van der Waals surface area (Å²) in [6.07, 6.45) is 5.23. The molecule has 1 nitrogen and oxygen atoms in total. The molecule has 1 unspecified atom stereocenters. The Balaban J connectivity index is 1.83. The van der Waals surface area contributed by atoms with Gasteiger partial charge in [0.15, 0.2) is 0 Å². The summed E-state index contributed by atoms with van der Waals surface area (Å²) in [7, 11) is 0. The van der Waals surface area contributed by atoms with E-state index in [0.717, 1.165) is 18.4 Å². The fourth-order valence-electron chi connectivity index (χ4n) is 4.64. The van der Waals surface area contributed by atoms with Crippen LogP contribution in [0.3, 0.4) is 0 Å². The van der Waals surface area contributed by atoms with Crippen molar-refractivity contribution < 1.29 is 4.39 Å². The Bertz CT molecular complexity index is 441. The van der Waals surface area contributed by atoms with E-state index in [1.54, 1.807) is 12.1 Å². The zero-order valence-corrected chi connectivity index (χ0v) is 12.6. The molecule has 0 amide bonds. The van der Waals surface area contributed by atoms with Gasteiger partial charge in [0.2, 0.25) is 0 Å². The molecular weight excluding hydrogens is 249 g/mol. The van der Waals surface area contributed by atoms with Crippen molar-refractivity contribution in [3.05, 3.63) is 35.6 Å². The van der Waals surface area contributed by atoms with Gasteiger partial charge in [-0.05, 0) is 67.2 Å². The number of nitrogens with one attached hydrogen (secondary N) is 1. The van der Waals surface area contributed by atoms with Crippen LogP contribution in [0, 0.1) is 23.6 Å². The van der Waals surface area contributed by atoms with Crippen molar-refractivity contribution >= 4 is 0 Å². The molecule has 1 saturated heterocycles. The molecule has 1 heterocycles. The van der Waals surface area contributed by atoms with E-state index in [0.29, 0.717) is 17.9 Å². The highest BCUT2D eigenvalue weighted by molar-refractivity contribution is 5.24. The van der Waals surface area contributed by atoms with Gasteiger partial charge in [-0.15, -0.1) is 0 Å². The third-order valence-corrected chi connectivity index (χ3v) is 5.57.